The normalized spacial score (nSPS) is 13.6. The van der Waals surface area contributed by atoms with Crippen molar-refractivity contribution in [3.8, 4) is 0 Å². The van der Waals surface area contributed by atoms with Crippen molar-refractivity contribution in [3.05, 3.63) is 35.1 Å². The number of allylic oxidation sites excluding steroid dienone is 5. The third kappa shape index (κ3) is 12.6. The first kappa shape index (κ1) is 25.6. The molecule has 0 aromatic heterocycles. The Morgan fingerprint density at radius 2 is 1.48 bits per heavy atom. The van der Waals surface area contributed by atoms with Crippen LogP contribution < -0.4 is 0 Å². The highest BCUT2D eigenvalue weighted by Crippen LogP contribution is 2.51. The number of hydrogen-bond acceptors (Lipinski definition) is 6. The highest BCUT2D eigenvalue weighted by atomic mass is 31.2. The number of phosphoric ester groups is 1. The fourth-order valence-corrected chi connectivity index (χ4v) is 3.38. The van der Waals surface area contributed by atoms with Crippen molar-refractivity contribution < 1.29 is 27.7 Å². The van der Waals surface area contributed by atoms with Gasteiger partial charge in [-0.15, -0.1) is 0 Å². The maximum atomic E-state index is 12.5. The lowest BCUT2D eigenvalue weighted by molar-refractivity contribution is -0.135. The standard InChI is InChI=1S/C20H35O6P/c1-7-17(4)12-10-13-18(5)14-11-15-19(16-20(21)23-6)26-27(22,24-8-2)25-9-3/h12,14,16H,7-11,13,15H2,1-6H3/b17-12+,18-14+,19-16-. The van der Waals surface area contributed by atoms with Gasteiger partial charge < -0.3 is 9.26 Å². The van der Waals surface area contributed by atoms with Crippen LogP contribution in [0, 0.1) is 0 Å². The molecule has 0 bridgehead atoms. The van der Waals surface area contributed by atoms with Crippen molar-refractivity contribution in [2.24, 2.45) is 0 Å². The average molecular weight is 402 g/mol. The smallest absolute Gasteiger partial charge is 0.466 e. The Morgan fingerprint density at radius 1 is 0.926 bits per heavy atom. The van der Waals surface area contributed by atoms with E-state index in [1.807, 2.05) is 0 Å². The molecule has 0 N–H and O–H groups in total. The molecule has 0 fully saturated rings. The molecule has 0 aliphatic rings. The summed E-state index contributed by atoms with van der Waals surface area (Å²) in [5.74, 6) is -0.358. The second-order valence-corrected chi connectivity index (χ2v) is 7.63. The number of methoxy groups -OCH3 is 1. The Balaban J connectivity index is 4.93. The van der Waals surface area contributed by atoms with Gasteiger partial charge in [0.15, 0.2) is 0 Å². The van der Waals surface area contributed by atoms with Gasteiger partial charge >= 0.3 is 13.8 Å². The molecule has 7 heteroatoms. The number of rotatable bonds is 14. The van der Waals surface area contributed by atoms with E-state index >= 15 is 0 Å². The van der Waals surface area contributed by atoms with Gasteiger partial charge in [0.1, 0.15) is 5.76 Å². The molecule has 0 unspecified atom stereocenters. The molecular weight excluding hydrogens is 367 g/mol. The lowest BCUT2D eigenvalue weighted by Gasteiger charge is -2.18. The first-order chi connectivity index (χ1) is 12.8. The third-order valence-electron chi connectivity index (χ3n) is 3.76. The molecule has 0 spiro atoms. The van der Waals surface area contributed by atoms with E-state index in [4.69, 9.17) is 13.6 Å². The van der Waals surface area contributed by atoms with Crippen molar-refractivity contribution in [2.45, 2.75) is 66.7 Å². The Bertz CT molecular complexity index is 567. The van der Waals surface area contributed by atoms with E-state index < -0.39 is 13.8 Å². The lowest BCUT2D eigenvalue weighted by atomic mass is 10.1. The molecular formula is C20H35O6P. The van der Waals surface area contributed by atoms with Gasteiger partial charge in [-0.1, -0.05) is 30.2 Å². The van der Waals surface area contributed by atoms with Crippen LogP contribution in [0.4, 0.5) is 0 Å². The molecule has 0 aromatic carbocycles. The summed E-state index contributed by atoms with van der Waals surface area (Å²) in [6, 6.07) is 0. The topological polar surface area (TPSA) is 71.1 Å². The zero-order valence-electron chi connectivity index (χ0n) is 17.6. The van der Waals surface area contributed by atoms with Crippen molar-refractivity contribution in [1.82, 2.24) is 0 Å². The Labute approximate surface area is 164 Å². The van der Waals surface area contributed by atoms with Gasteiger partial charge in [-0.25, -0.2) is 9.36 Å². The first-order valence-corrected chi connectivity index (χ1v) is 10.9. The second kappa shape index (κ2) is 14.7. The van der Waals surface area contributed by atoms with Crippen LogP contribution in [-0.4, -0.2) is 26.3 Å². The summed E-state index contributed by atoms with van der Waals surface area (Å²) in [6.07, 6.45) is 9.61. The number of phosphoric acid groups is 1. The van der Waals surface area contributed by atoms with Gasteiger partial charge in [0.05, 0.1) is 26.4 Å². The zero-order valence-corrected chi connectivity index (χ0v) is 18.5. The molecule has 0 amide bonds. The quantitative estimate of drug-likeness (QED) is 0.115. The summed E-state index contributed by atoms with van der Waals surface area (Å²) in [5, 5.41) is 0. The highest BCUT2D eigenvalue weighted by molar-refractivity contribution is 7.48. The minimum Gasteiger partial charge on any atom is -0.466 e. The van der Waals surface area contributed by atoms with Gasteiger partial charge in [0.2, 0.25) is 0 Å². The molecule has 0 aliphatic heterocycles. The second-order valence-electron chi connectivity index (χ2n) is 6.04. The predicted molar refractivity (Wildman–Crippen MR) is 108 cm³/mol. The van der Waals surface area contributed by atoms with Gasteiger partial charge in [0, 0.05) is 6.42 Å². The Kier molecular flexibility index (Phi) is 13.9. The molecule has 0 atom stereocenters. The first-order valence-electron chi connectivity index (χ1n) is 9.48. The van der Waals surface area contributed by atoms with E-state index in [2.05, 4.69) is 37.7 Å². The van der Waals surface area contributed by atoms with E-state index in [0.29, 0.717) is 12.8 Å². The van der Waals surface area contributed by atoms with E-state index in [1.54, 1.807) is 13.8 Å². The maximum absolute atomic E-state index is 12.5. The third-order valence-corrected chi connectivity index (χ3v) is 5.36. The SMILES string of the molecule is CCOP(=O)(OCC)O/C(=C\C(=O)OC)CC/C=C(\C)CC/C=C(\C)CC. The lowest BCUT2D eigenvalue weighted by Crippen LogP contribution is -2.03. The number of esters is 1. The van der Waals surface area contributed by atoms with E-state index in [1.165, 1.54) is 24.3 Å². The summed E-state index contributed by atoms with van der Waals surface area (Å²) < 4.78 is 32.9. The number of carbonyl (C=O) groups is 1. The molecule has 0 saturated carbocycles. The van der Waals surface area contributed by atoms with Gasteiger partial charge in [0.25, 0.3) is 0 Å². The number of ether oxygens (including phenoxy) is 1. The van der Waals surface area contributed by atoms with Crippen molar-refractivity contribution in [1.29, 1.82) is 0 Å². The van der Waals surface area contributed by atoms with Crippen LogP contribution in [0.15, 0.2) is 35.1 Å². The predicted octanol–water partition coefficient (Wildman–Crippen LogP) is 6.10. The molecule has 27 heavy (non-hydrogen) atoms. The van der Waals surface area contributed by atoms with E-state index in [0.717, 1.165) is 19.3 Å². The van der Waals surface area contributed by atoms with Crippen molar-refractivity contribution in [2.75, 3.05) is 20.3 Å². The summed E-state index contributed by atoms with van der Waals surface area (Å²) in [7, 11) is -2.47. The minimum absolute atomic E-state index is 0.173. The van der Waals surface area contributed by atoms with Gasteiger partial charge in [-0.2, -0.15) is 0 Å². The van der Waals surface area contributed by atoms with Gasteiger partial charge in [-0.05, 0) is 53.4 Å². The van der Waals surface area contributed by atoms with Crippen LogP contribution in [0.5, 0.6) is 0 Å². The average Bonchev–Trinajstić information content (AvgIpc) is 2.61. The van der Waals surface area contributed by atoms with Crippen LogP contribution in [-0.2, 0) is 27.7 Å². The van der Waals surface area contributed by atoms with E-state index in [-0.39, 0.29) is 19.0 Å². The van der Waals surface area contributed by atoms with Crippen LogP contribution in [0.1, 0.15) is 66.7 Å². The maximum Gasteiger partial charge on any atom is 0.529 e. The molecule has 0 radical (unpaired) electrons. The zero-order chi connectivity index (χ0) is 20.7. The molecule has 0 saturated heterocycles. The molecule has 0 aromatic rings. The van der Waals surface area contributed by atoms with Crippen LogP contribution in [0.3, 0.4) is 0 Å². The fourth-order valence-electron chi connectivity index (χ4n) is 2.14. The Morgan fingerprint density at radius 3 is 2.00 bits per heavy atom. The van der Waals surface area contributed by atoms with Crippen LogP contribution in [0.25, 0.3) is 0 Å². The molecule has 0 rings (SSSR count). The molecule has 0 heterocycles. The number of carbonyl (C=O) groups excluding carboxylic acids is 1. The summed E-state index contributed by atoms with van der Waals surface area (Å²) in [5.41, 5.74) is 2.65. The number of hydrogen-bond donors (Lipinski definition) is 0. The minimum atomic E-state index is -3.74. The monoisotopic (exact) mass is 402 g/mol. The van der Waals surface area contributed by atoms with Crippen molar-refractivity contribution in [3.63, 3.8) is 0 Å². The fraction of sp³-hybridized carbons (Fsp3) is 0.650. The summed E-state index contributed by atoms with van der Waals surface area (Å²) >= 11 is 0. The Hall–Kier alpha value is -1.36. The van der Waals surface area contributed by atoms with Gasteiger partial charge in [-0.3, -0.25) is 9.05 Å². The molecule has 156 valence electrons. The largest absolute Gasteiger partial charge is 0.529 e. The summed E-state index contributed by atoms with van der Waals surface area (Å²) in [4.78, 5) is 11.6. The molecule has 6 nitrogen and oxygen atoms in total. The van der Waals surface area contributed by atoms with Crippen LogP contribution >= 0.6 is 7.82 Å². The highest BCUT2D eigenvalue weighted by Gasteiger charge is 2.28. The molecule has 0 aliphatic carbocycles. The summed E-state index contributed by atoms with van der Waals surface area (Å²) in [6.45, 7) is 10.1. The van der Waals surface area contributed by atoms with Crippen LogP contribution in [0.2, 0.25) is 0 Å². The van der Waals surface area contributed by atoms with Crippen molar-refractivity contribution >= 4 is 13.8 Å². The van der Waals surface area contributed by atoms with E-state index in [9.17, 15) is 9.36 Å².